The average molecular weight is 1400 g/mol. The molecule has 17 nitrogen and oxygen atoms in total. The summed E-state index contributed by atoms with van der Waals surface area (Å²) in [6.07, 6.45) is 49.9. The van der Waals surface area contributed by atoms with Crippen molar-refractivity contribution in [1.82, 2.24) is 0 Å². The maximum Gasteiger partial charge on any atom is 0.472 e. The Balaban J connectivity index is 5.25. The third-order valence-electron chi connectivity index (χ3n) is 17.9. The highest BCUT2D eigenvalue weighted by molar-refractivity contribution is 7.47. The molecule has 0 bridgehead atoms. The molecule has 0 saturated heterocycles. The summed E-state index contributed by atoms with van der Waals surface area (Å²) in [7, 11) is -9.91. The molecule has 0 fully saturated rings. The molecule has 0 aliphatic carbocycles. The van der Waals surface area contributed by atoms with Crippen molar-refractivity contribution in [3.8, 4) is 0 Å². The minimum absolute atomic E-state index is 0.105. The van der Waals surface area contributed by atoms with Gasteiger partial charge in [0, 0.05) is 25.7 Å². The number of rotatable bonds is 73. The number of phosphoric ester groups is 2. The fourth-order valence-corrected chi connectivity index (χ4v) is 13.1. The highest BCUT2D eigenvalue weighted by atomic mass is 31.2. The molecule has 0 aliphatic heterocycles. The molecule has 0 amide bonds. The van der Waals surface area contributed by atoms with Crippen molar-refractivity contribution in [1.29, 1.82) is 0 Å². The van der Waals surface area contributed by atoms with E-state index in [0.717, 1.165) is 114 Å². The SMILES string of the molecule is CCC(C)CCCCCCCCCCCCC(=O)O[C@H](COC(=O)CCCCCCCCCC(C)C)COP(=O)(O)OCC(O)COP(=O)(O)OC[C@@H](COC(=O)CCCCCCCCCCCCCCCCC(C)C)OC(=O)CCCCCCCCCCCCCC(C)C. The molecule has 0 aromatic carbocycles. The topological polar surface area (TPSA) is 237 Å². The summed E-state index contributed by atoms with van der Waals surface area (Å²) in [6, 6.07) is 0. The van der Waals surface area contributed by atoms with Crippen molar-refractivity contribution >= 4 is 39.5 Å². The molecule has 19 heteroatoms. The first-order valence-corrected chi connectivity index (χ1v) is 42.2. The van der Waals surface area contributed by atoms with E-state index in [4.69, 9.17) is 37.0 Å². The highest BCUT2D eigenvalue weighted by Crippen LogP contribution is 2.45. The Morgan fingerprint density at radius 2 is 0.505 bits per heavy atom. The number of esters is 4. The lowest BCUT2D eigenvalue weighted by Gasteiger charge is -2.21. The minimum Gasteiger partial charge on any atom is -0.462 e. The number of hydrogen-bond donors (Lipinski definition) is 3. The minimum atomic E-state index is -4.96. The van der Waals surface area contributed by atoms with Gasteiger partial charge in [0.2, 0.25) is 0 Å². The van der Waals surface area contributed by atoms with Gasteiger partial charge in [0.1, 0.15) is 19.3 Å². The predicted molar refractivity (Wildman–Crippen MR) is 386 cm³/mol. The summed E-state index contributed by atoms with van der Waals surface area (Å²) in [5.41, 5.74) is 0. The van der Waals surface area contributed by atoms with Crippen molar-refractivity contribution < 1.29 is 80.2 Å². The lowest BCUT2D eigenvalue weighted by molar-refractivity contribution is -0.161. The Labute approximate surface area is 581 Å². The van der Waals surface area contributed by atoms with E-state index in [1.165, 1.54) is 180 Å². The maximum absolute atomic E-state index is 13.1. The van der Waals surface area contributed by atoms with E-state index in [-0.39, 0.29) is 25.7 Å². The second-order valence-corrected chi connectivity index (χ2v) is 32.0. The van der Waals surface area contributed by atoms with Crippen LogP contribution < -0.4 is 0 Å². The third kappa shape index (κ3) is 69.0. The van der Waals surface area contributed by atoms with Gasteiger partial charge in [-0.3, -0.25) is 37.3 Å². The van der Waals surface area contributed by atoms with E-state index in [9.17, 15) is 43.2 Å². The van der Waals surface area contributed by atoms with E-state index in [2.05, 4.69) is 55.4 Å². The van der Waals surface area contributed by atoms with Crippen LogP contribution in [0.5, 0.6) is 0 Å². The van der Waals surface area contributed by atoms with Crippen LogP contribution in [-0.4, -0.2) is 96.7 Å². The molecular formula is C76H148O17P2. The number of aliphatic hydroxyl groups excluding tert-OH is 1. The van der Waals surface area contributed by atoms with Gasteiger partial charge >= 0.3 is 39.5 Å². The smallest absolute Gasteiger partial charge is 0.462 e. The first-order chi connectivity index (χ1) is 45.6. The number of carbonyl (C=O) groups is 4. The summed E-state index contributed by atoms with van der Waals surface area (Å²) in [6.45, 7) is 14.2. The van der Waals surface area contributed by atoms with Crippen LogP contribution in [0.2, 0.25) is 0 Å². The molecule has 6 atom stereocenters. The molecule has 0 radical (unpaired) electrons. The number of unbranched alkanes of at least 4 members (excludes halogenated alkanes) is 38. The van der Waals surface area contributed by atoms with Gasteiger partial charge in [0.05, 0.1) is 26.4 Å². The summed E-state index contributed by atoms with van der Waals surface area (Å²) < 4.78 is 68.5. The largest absolute Gasteiger partial charge is 0.472 e. The van der Waals surface area contributed by atoms with E-state index in [0.29, 0.717) is 31.6 Å². The zero-order valence-electron chi connectivity index (χ0n) is 62.3. The Hall–Kier alpha value is -1.94. The lowest BCUT2D eigenvalue weighted by atomic mass is 9.99. The Kier molecular flexibility index (Phi) is 64.0. The van der Waals surface area contributed by atoms with Crippen LogP contribution in [0.1, 0.15) is 383 Å². The first-order valence-electron chi connectivity index (χ1n) is 39.2. The molecule has 0 aliphatic rings. The standard InChI is InChI=1S/C76H148O17P2/c1-9-69(8)55-47-39-31-23-19-20-26-34-43-51-59-76(81)93-72(63-87-74(79)57-49-41-35-27-30-38-46-54-68(6)7)65-91-95(84,85)89-61-70(77)60-88-94(82,83)90-64-71(92-75(80)58-50-42-33-25-18-14-16-22-29-37-45-53-67(4)5)62-86-73(78)56-48-40-32-24-17-13-11-10-12-15-21-28-36-44-52-66(2)3/h66-72,77H,9-65H2,1-8H3,(H,82,83)(H,84,85)/t69?,70?,71-,72-/m1/s1. The molecule has 0 aromatic heterocycles. The van der Waals surface area contributed by atoms with Gasteiger partial charge in [-0.05, 0) is 49.4 Å². The number of hydrogen-bond acceptors (Lipinski definition) is 15. The van der Waals surface area contributed by atoms with Gasteiger partial charge < -0.3 is 33.8 Å². The van der Waals surface area contributed by atoms with E-state index >= 15 is 0 Å². The van der Waals surface area contributed by atoms with E-state index < -0.39 is 97.5 Å². The van der Waals surface area contributed by atoms with Crippen LogP contribution in [0, 0.1) is 23.7 Å². The Morgan fingerprint density at radius 1 is 0.295 bits per heavy atom. The number of aliphatic hydroxyl groups is 1. The Morgan fingerprint density at radius 3 is 0.747 bits per heavy atom. The van der Waals surface area contributed by atoms with Crippen molar-refractivity contribution in [3.05, 3.63) is 0 Å². The molecule has 4 unspecified atom stereocenters. The normalized spacial score (nSPS) is 14.4. The molecule has 0 spiro atoms. The average Bonchev–Trinajstić information content (AvgIpc) is 1.85. The van der Waals surface area contributed by atoms with Crippen LogP contribution >= 0.6 is 15.6 Å². The second kappa shape index (κ2) is 65.4. The fourth-order valence-electron chi connectivity index (χ4n) is 11.5. The molecule has 3 N–H and O–H groups in total. The molecule has 95 heavy (non-hydrogen) atoms. The molecule has 564 valence electrons. The zero-order valence-corrected chi connectivity index (χ0v) is 64.1. The number of ether oxygens (including phenoxy) is 4. The summed E-state index contributed by atoms with van der Waals surface area (Å²) in [4.78, 5) is 72.8. The van der Waals surface area contributed by atoms with Gasteiger partial charge in [-0.2, -0.15) is 0 Å². The monoisotopic (exact) mass is 1400 g/mol. The maximum atomic E-state index is 13.1. The van der Waals surface area contributed by atoms with Crippen LogP contribution in [0.15, 0.2) is 0 Å². The van der Waals surface area contributed by atoms with Crippen molar-refractivity contribution in [2.45, 2.75) is 401 Å². The number of phosphoric acid groups is 2. The molecule has 0 rings (SSSR count). The fraction of sp³-hybridized carbons (Fsp3) is 0.947. The van der Waals surface area contributed by atoms with Gasteiger partial charge in [-0.1, -0.05) is 331 Å². The van der Waals surface area contributed by atoms with Gasteiger partial charge in [0.15, 0.2) is 12.2 Å². The summed E-state index contributed by atoms with van der Waals surface area (Å²) in [5.74, 6) is 0.951. The van der Waals surface area contributed by atoms with Gasteiger partial charge in [-0.25, -0.2) is 9.13 Å². The summed E-state index contributed by atoms with van der Waals surface area (Å²) in [5, 5.41) is 10.6. The van der Waals surface area contributed by atoms with Crippen molar-refractivity contribution in [3.63, 3.8) is 0 Å². The van der Waals surface area contributed by atoms with Crippen LogP contribution in [0.4, 0.5) is 0 Å². The molecule has 0 saturated carbocycles. The first kappa shape index (κ1) is 93.1. The van der Waals surface area contributed by atoms with Crippen molar-refractivity contribution in [2.24, 2.45) is 23.7 Å². The Bertz CT molecular complexity index is 1870. The number of carbonyl (C=O) groups excluding carboxylic acids is 4. The summed E-state index contributed by atoms with van der Waals surface area (Å²) >= 11 is 0. The van der Waals surface area contributed by atoms with Crippen LogP contribution in [0.3, 0.4) is 0 Å². The van der Waals surface area contributed by atoms with E-state index in [1.807, 2.05) is 0 Å². The molecule has 0 heterocycles. The highest BCUT2D eigenvalue weighted by Gasteiger charge is 2.30. The van der Waals surface area contributed by atoms with Gasteiger partial charge in [0.25, 0.3) is 0 Å². The van der Waals surface area contributed by atoms with Crippen LogP contribution in [-0.2, 0) is 65.4 Å². The van der Waals surface area contributed by atoms with Crippen LogP contribution in [0.25, 0.3) is 0 Å². The molecular weight excluding hydrogens is 1250 g/mol. The second-order valence-electron chi connectivity index (χ2n) is 29.1. The third-order valence-corrected chi connectivity index (χ3v) is 19.8. The quantitative estimate of drug-likeness (QED) is 0.0222. The van der Waals surface area contributed by atoms with E-state index in [1.54, 1.807) is 0 Å². The van der Waals surface area contributed by atoms with Crippen molar-refractivity contribution in [2.75, 3.05) is 39.6 Å². The predicted octanol–water partition coefficient (Wildman–Crippen LogP) is 22.0. The lowest BCUT2D eigenvalue weighted by Crippen LogP contribution is -2.30. The molecule has 0 aromatic rings. The van der Waals surface area contributed by atoms with Gasteiger partial charge in [-0.15, -0.1) is 0 Å². The zero-order chi connectivity index (χ0) is 70.3.